The van der Waals surface area contributed by atoms with E-state index in [1.165, 1.54) is 0 Å². The molecule has 0 bridgehead atoms. The van der Waals surface area contributed by atoms with Gasteiger partial charge in [-0.05, 0) is 18.2 Å². The third kappa shape index (κ3) is 4.84. The molecule has 1 saturated heterocycles. The second-order valence-electron chi connectivity index (χ2n) is 5.89. The Bertz CT molecular complexity index is 716. The van der Waals surface area contributed by atoms with Crippen molar-refractivity contribution in [3.8, 4) is 5.75 Å². The van der Waals surface area contributed by atoms with E-state index in [0.29, 0.717) is 10.8 Å². The molecular weight excluding hydrogens is 342 g/mol. The predicted octanol–water partition coefficient (Wildman–Crippen LogP) is 2.52. The number of aliphatic carboxylic acids is 1. The van der Waals surface area contributed by atoms with Crippen molar-refractivity contribution in [3.63, 3.8) is 0 Å². The molecule has 132 valence electrons. The highest BCUT2D eigenvalue weighted by Crippen LogP contribution is 2.22. The van der Waals surface area contributed by atoms with E-state index in [-0.39, 0.29) is 6.61 Å². The molecule has 3 rings (SSSR count). The SMILES string of the molecule is O=C(O)COc1ccccc1CN1CCN(c2ccc(Cl)cn2)CC1. The van der Waals surface area contributed by atoms with Gasteiger partial charge in [-0.3, -0.25) is 4.90 Å². The van der Waals surface area contributed by atoms with Gasteiger partial charge in [-0.1, -0.05) is 29.8 Å². The van der Waals surface area contributed by atoms with E-state index in [9.17, 15) is 4.79 Å². The van der Waals surface area contributed by atoms with Crippen LogP contribution in [0.25, 0.3) is 0 Å². The van der Waals surface area contributed by atoms with Crippen molar-refractivity contribution in [1.29, 1.82) is 0 Å². The van der Waals surface area contributed by atoms with Crippen LogP contribution >= 0.6 is 11.6 Å². The van der Waals surface area contributed by atoms with Gasteiger partial charge < -0.3 is 14.7 Å². The van der Waals surface area contributed by atoms with Crippen molar-refractivity contribution in [2.75, 3.05) is 37.7 Å². The minimum absolute atomic E-state index is 0.326. The van der Waals surface area contributed by atoms with Gasteiger partial charge in [0.15, 0.2) is 6.61 Å². The lowest BCUT2D eigenvalue weighted by atomic mass is 10.1. The number of anilines is 1. The molecule has 6 nitrogen and oxygen atoms in total. The van der Waals surface area contributed by atoms with E-state index in [4.69, 9.17) is 21.4 Å². The van der Waals surface area contributed by atoms with Gasteiger partial charge in [-0.25, -0.2) is 9.78 Å². The summed E-state index contributed by atoms with van der Waals surface area (Å²) in [6.07, 6.45) is 1.67. The summed E-state index contributed by atoms with van der Waals surface area (Å²) in [5.74, 6) is 0.597. The second kappa shape index (κ2) is 8.18. The molecule has 0 atom stereocenters. The summed E-state index contributed by atoms with van der Waals surface area (Å²) in [5.41, 5.74) is 1.00. The minimum Gasteiger partial charge on any atom is -0.482 e. The van der Waals surface area contributed by atoms with Crippen LogP contribution in [0, 0.1) is 0 Å². The highest BCUT2D eigenvalue weighted by Gasteiger charge is 2.19. The Morgan fingerprint density at radius 1 is 1.16 bits per heavy atom. The first-order chi connectivity index (χ1) is 12.1. The van der Waals surface area contributed by atoms with Crippen LogP contribution in [-0.2, 0) is 11.3 Å². The molecule has 0 saturated carbocycles. The third-order valence-corrected chi connectivity index (χ3v) is 4.35. The monoisotopic (exact) mass is 361 g/mol. The molecule has 1 N–H and O–H groups in total. The predicted molar refractivity (Wildman–Crippen MR) is 96.3 cm³/mol. The van der Waals surface area contributed by atoms with Gasteiger partial charge in [0.2, 0.25) is 0 Å². The van der Waals surface area contributed by atoms with Crippen LogP contribution in [0.15, 0.2) is 42.6 Å². The summed E-state index contributed by atoms with van der Waals surface area (Å²) >= 11 is 5.89. The molecule has 25 heavy (non-hydrogen) atoms. The number of carboxylic acid groups (broad SMARTS) is 1. The zero-order valence-electron chi connectivity index (χ0n) is 13.8. The number of para-hydroxylation sites is 1. The fraction of sp³-hybridized carbons (Fsp3) is 0.333. The molecule has 0 amide bonds. The van der Waals surface area contributed by atoms with Gasteiger partial charge in [-0.2, -0.15) is 0 Å². The van der Waals surface area contributed by atoms with Crippen molar-refractivity contribution in [2.45, 2.75) is 6.54 Å². The number of rotatable bonds is 6. The number of carboxylic acids is 1. The maximum atomic E-state index is 10.7. The molecule has 1 aromatic heterocycles. The highest BCUT2D eigenvalue weighted by molar-refractivity contribution is 6.30. The van der Waals surface area contributed by atoms with Gasteiger partial charge in [0.1, 0.15) is 11.6 Å². The highest BCUT2D eigenvalue weighted by atomic mass is 35.5. The number of piperazine rings is 1. The number of pyridine rings is 1. The molecular formula is C18H20ClN3O3. The van der Waals surface area contributed by atoms with Crippen LogP contribution in [0.5, 0.6) is 5.75 Å². The summed E-state index contributed by atoms with van der Waals surface area (Å²) in [4.78, 5) is 19.6. The molecule has 1 aliphatic heterocycles. The van der Waals surface area contributed by atoms with Crippen molar-refractivity contribution >= 4 is 23.4 Å². The first-order valence-electron chi connectivity index (χ1n) is 8.13. The van der Waals surface area contributed by atoms with Crippen molar-refractivity contribution in [2.24, 2.45) is 0 Å². The standard InChI is InChI=1S/C18H20ClN3O3/c19-15-5-6-17(20-11-15)22-9-7-21(8-10-22)12-14-3-1-2-4-16(14)25-13-18(23)24/h1-6,11H,7-10,12-13H2,(H,23,24). The number of halogens is 1. The van der Waals surface area contributed by atoms with Crippen LogP contribution in [0.3, 0.4) is 0 Å². The topological polar surface area (TPSA) is 65.9 Å². The van der Waals surface area contributed by atoms with Crippen molar-refractivity contribution in [1.82, 2.24) is 9.88 Å². The first kappa shape index (κ1) is 17.5. The fourth-order valence-corrected chi connectivity index (χ4v) is 2.96. The number of hydrogen-bond donors (Lipinski definition) is 1. The van der Waals surface area contributed by atoms with E-state index in [1.807, 2.05) is 36.4 Å². The molecule has 2 heterocycles. The van der Waals surface area contributed by atoms with Gasteiger partial charge in [-0.15, -0.1) is 0 Å². The average molecular weight is 362 g/mol. The molecule has 1 aromatic carbocycles. The van der Waals surface area contributed by atoms with Crippen LogP contribution in [0.1, 0.15) is 5.56 Å². The Kier molecular flexibility index (Phi) is 5.73. The number of ether oxygens (including phenoxy) is 1. The van der Waals surface area contributed by atoms with E-state index < -0.39 is 5.97 Å². The molecule has 1 aliphatic rings. The molecule has 2 aromatic rings. The molecule has 0 unspecified atom stereocenters. The molecule has 0 spiro atoms. The van der Waals surface area contributed by atoms with Gasteiger partial charge in [0.25, 0.3) is 0 Å². The average Bonchev–Trinajstić information content (AvgIpc) is 2.62. The lowest BCUT2D eigenvalue weighted by Crippen LogP contribution is -2.46. The van der Waals surface area contributed by atoms with Gasteiger partial charge >= 0.3 is 5.97 Å². The Hall–Kier alpha value is -2.31. The fourth-order valence-electron chi connectivity index (χ4n) is 2.85. The summed E-state index contributed by atoms with van der Waals surface area (Å²) < 4.78 is 5.38. The van der Waals surface area contributed by atoms with Crippen LogP contribution < -0.4 is 9.64 Å². The lowest BCUT2D eigenvalue weighted by Gasteiger charge is -2.35. The minimum atomic E-state index is -0.973. The van der Waals surface area contributed by atoms with E-state index >= 15 is 0 Å². The third-order valence-electron chi connectivity index (χ3n) is 4.13. The summed E-state index contributed by atoms with van der Waals surface area (Å²) in [6, 6.07) is 11.4. The Labute approximate surface area is 151 Å². The quantitative estimate of drug-likeness (QED) is 0.852. The Morgan fingerprint density at radius 3 is 2.60 bits per heavy atom. The van der Waals surface area contributed by atoms with Crippen molar-refractivity contribution < 1.29 is 14.6 Å². The first-order valence-corrected chi connectivity index (χ1v) is 8.51. The largest absolute Gasteiger partial charge is 0.482 e. The Balaban J connectivity index is 1.57. The maximum absolute atomic E-state index is 10.7. The molecule has 7 heteroatoms. The zero-order valence-corrected chi connectivity index (χ0v) is 14.5. The van der Waals surface area contributed by atoms with E-state index in [1.54, 1.807) is 6.20 Å². The number of aromatic nitrogens is 1. The Morgan fingerprint density at radius 2 is 1.92 bits per heavy atom. The van der Waals surface area contributed by atoms with Crippen molar-refractivity contribution in [3.05, 3.63) is 53.2 Å². The summed E-state index contributed by atoms with van der Waals surface area (Å²) in [7, 11) is 0. The van der Waals surface area contributed by atoms with Crippen LogP contribution in [0.2, 0.25) is 5.02 Å². The number of carbonyl (C=O) groups is 1. The normalized spacial score (nSPS) is 15.2. The van der Waals surface area contributed by atoms with Crippen LogP contribution in [0.4, 0.5) is 5.82 Å². The summed E-state index contributed by atoms with van der Waals surface area (Å²) in [5, 5.41) is 9.43. The molecule has 0 radical (unpaired) electrons. The maximum Gasteiger partial charge on any atom is 0.341 e. The molecule has 1 fully saturated rings. The van der Waals surface area contributed by atoms with E-state index in [0.717, 1.165) is 44.1 Å². The second-order valence-corrected chi connectivity index (χ2v) is 6.32. The number of hydrogen-bond acceptors (Lipinski definition) is 5. The molecule has 0 aliphatic carbocycles. The smallest absolute Gasteiger partial charge is 0.341 e. The van der Waals surface area contributed by atoms with Gasteiger partial charge in [0, 0.05) is 44.5 Å². The van der Waals surface area contributed by atoms with E-state index in [2.05, 4.69) is 14.8 Å². The summed E-state index contributed by atoms with van der Waals surface area (Å²) in [6.45, 7) is 3.97. The zero-order chi connectivity index (χ0) is 17.6. The van der Waals surface area contributed by atoms with Crippen LogP contribution in [-0.4, -0.2) is 53.7 Å². The number of benzene rings is 1. The lowest BCUT2D eigenvalue weighted by molar-refractivity contribution is -0.139. The van der Waals surface area contributed by atoms with Gasteiger partial charge in [0.05, 0.1) is 5.02 Å². The number of nitrogens with zero attached hydrogens (tertiary/aromatic N) is 3.